The van der Waals surface area contributed by atoms with Crippen LogP contribution in [0.25, 0.3) is 0 Å². The summed E-state index contributed by atoms with van der Waals surface area (Å²) in [6.07, 6.45) is -5.10. The van der Waals surface area contributed by atoms with Gasteiger partial charge in [0.05, 0.1) is 24.1 Å². The van der Waals surface area contributed by atoms with Crippen LogP contribution in [0.15, 0.2) is 51.4 Å². The number of benzene rings is 1. The zero-order valence-corrected chi connectivity index (χ0v) is 14.5. The summed E-state index contributed by atoms with van der Waals surface area (Å²) in [5.41, 5.74) is -3.00. The Bertz CT molecular complexity index is 883. The Hall–Kier alpha value is -2.66. The summed E-state index contributed by atoms with van der Waals surface area (Å²) >= 11 is 0.495. The van der Waals surface area contributed by atoms with E-state index in [-0.39, 0.29) is 15.6 Å². The highest BCUT2D eigenvalue weighted by molar-refractivity contribution is 8.18. The SMILES string of the molecule is COC(=O)/C=C1/SC(N2N=C(c3ccccc3)CC2(O)C(F)(F)F)=NC1=O. The Kier molecular flexibility index (Phi) is 4.82. The number of methoxy groups -OCH3 is 1. The third-order valence-electron chi connectivity index (χ3n) is 3.79. The first kappa shape index (κ1) is 19.1. The highest BCUT2D eigenvalue weighted by atomic mass is 32.2. The van der Waals surface area contributed by atoms with Crippen LogP contribution in [-0.2, 0) is 14.3 Å². The molecule has 11 heteroatoms. The lowest BCUT2D eigenvalue weighted by Gasteiger charge is -2.33. The number of carbonyl (C=O) groups excluding carboxylic acids is 2. The molecule has 1 N–H and O–H groups in total. The van der Waals surface area contributed by atoms with Crippen LogP contribution in [0.3, 0.4) is 0 Å². The summed E-state index contributed by atoms with van der Waals surface area (Å²) in [5.74, 6) is -1.78. The number of carbonyl (C=O) groups is 2. The molecule has 0 aromatic heterocycles. The lowest BCUT2D eigenvalue weighted by Crippen LogP contribution is -2.56. The summed E-state index contributed by atoms with van der Waals surface area (Å²) in [7, 11) is 1.09. The van der Waals surface area contributed by atoms with E-state index in [1.165, 1.54) is 0 Å². The number of aliphatic imine (C=N–C) groups is 1. The smallest absolute Gasteiger partial charge is 0.438 e. The van der Waals surface area contributed by atoms with Crippen molar-refractivity contribution in [2.75, 3.05) is 7.11 Å². The largest absolute Gasteiger partial charge is 0.466 e. The van der Waals surface area contributed by atoms with E-state index in [9.17, 15) is 27.9 Å². The monoisotopic (exact) mass is 399 g/mol. The molecule has 0 saturated heterocycles. The average Bonchev–Trinajstić information content (AvgIpc) is 3.16. The van der Waals surface area contributed by atoms with Crippen LogP contribution in [0.4, 0.5) is 13.2 Å². The molecule has 3 rings (SSSR count). The van der Waals surface area contributed by atoms with E-state index in [0.717, 1.165) is 13.2 Å². The van der Waals surface area contributed by atoms with Gasteiger partial charge in [-0.25, -0.2) is 4.79 Å². The van der Waals surface area contributed by atoms with E-state index in [0.29, 0.717) is 17.3 Å². The van der Waals surface area contributed by atoms with Gasteiger partial charge in [-0.2, -0.15) is 28.3 Å². The molecule has 2 heterocycles. The fourth-order valence-corrected chi connectivity index (χ4v) is 3.31. The van der Waals surface area contributed by atoms with Crippen molar-refractivity contribution >= 4 is 34.5 Å². The highest BCUT2D eigenvalue weighted by Crippen LogP contribution is 2.44. The third kappa shape index (κ3) is 3.47. The van der Waals surface area contributed by atoms with Crippen molar-refractivity contribution in [3.05, 3.63) is 46.9 Å². The van der Waals surface area contributed by atoms with E-state index in [2.05, 4.69) is 14.8 Å². The zero-order chi connectivity index (χ0) is 19.8. The molecule has 0 saturated carbocycles. The minimum atomic E-state index is -5.08. The quantitative estimate of drug-likeness (QED) is 0.605. The van der Waals surface area contributed by atoms with Gasteiger partial charge in [0.1, 0.15) is 0 Å². The number of hydrazone groups is 1. The van der Waals surface area contributed by atoms with E-state index in [4.69, 9.17) is 0 Å². The average molecular weight is 399 g/mol. The minimum absolute atomic E-state index is 0.0171. The molecule has 1 amide bonds. The molecular weight excluding hydrogens is 387 g/mol. The van der Waals surface area contributed by atoms with Crippen molar-refractivity contribution in [2.45, 2.75) is 18.3 Å². The normalized spacial score (nSPS) is 24.3. The van der Waals surface area contributed by atoms with E-state index >= 15 is 0 Å². The van der Waals surface area contributed by atoms with Gasteiger partial charge in [0.15, 0.2) is 5.17 Å². The summed E-state index contributed by atoms with van der Waals surface area (Å²) < 4.78 is 45.2. The molecule has 2 aliphatic heterocycles. The summed E-state index contributed by atoms with van der Waals surface area (Å²) in [4.78, 5) is 26.4. The molecule has 0 fully saturated rings. The Labute approximate surface area is 155 Å². The molecule has 0 aliphatic carbocycles. The second kappa shape index (κ2) is 6.82. The molecule has 7 nitrogen and oxygen atoms in total. The van der Waals surface area contributed by atoms with Gasteiger partial charge in [0.2, 0.25) is 0 Å². The second-order valence-electron chi connectivity index (χ2n) is 5.55. The Morgan fingerprint density at radius 3 is 2.63 bits per heavy atom. The molecule has 1 aromatic carbocycles. The van der Waals surface area contributed by atoms with Gasteiger partial charge < -0.3 is 9.84 Å². The lowest BCUT2D eigenvalue weighted by atomic mass is 10.0. The topological polar surface area (TPSA) is 91.6 Å². The number of hydrogen-bond acceptors (Lipinski definition) is 7. The molecule has 27 heavy (non-hydrogen) atoms. The molecular formula is C16H12F3N3O4S. The maximum Gasteiger partial charge on any atom is 0.438 e. The van der Waals surface area contributed by atoms with Gasteiger partial charge in [-0.05, 0) is 17.3 Å². The van der Waals surface area contributed by atoms with Crippen molar-refractivity contribution in [3.63, 3.8) is 0 Å². The summed E-state index contributed by atoms with van der Waals surface area (Å²) in [6, 6.07) is 8.03. The lowest BCUT2D eigenvalue weighted by molar-refractivity contribution is -0.294. The van der Waals surface area contributed by atoms with Crippen LogP contribution in [0, 0.1) is 0 Å². The summed E-state index contributed by atoms with van der Waals surface area (Å²) in [6.45, 7) is 0. The van der Waals surface area contributed by atoms with Crippen molar-refractivity contribution in [1.82, 2.24) is 5.01 Å². The van der Waals surface area contributed by atoms with Gasteiger partial charge in [-0.15, -0.1) is 0 Å². The van der Waals surface area contributed by atoms with Crippen molar-refractivity contribution in [3.8, 4) is 0 Å². The highest BCUT2D eigenvalue weighted by Gasteiger charge is 2.63. The van der Waals surface area contributed by atoms with Crippen LogP contribution >= 0.6 is 11.8 Å². The number of aliphatic hydroxyl groups is 1. The van der Waals surface area contributed by atoms with Crippen LogP contribution in [0.2, 0.25) is 0 Å². The third-order valence-corrected chi connectivity index (χ3v) is 4.75. The van der Waals surface area contributed by atoms with Gasteiger partial charge in [0, 0.05) is 6.08 Å². The van der Waals surface area contributed by atoms with Crippen LogP contribution in [0.5, 0.6) is 0 Å². The minimum Gasteiger partial charge on any atom is -0.466 e. The number of alkyl halides is 3. The van der Waals surface area contributed by atoms with Gasteiger partial charge in [0.25, 0.3) is 11.6 Å². The van der Waals surface area contributed by atoms with Crippen molar-refractivity contribution in [2.24, 2.45) is 10.1 Å². The number of rotatable bonds is 2. The van der Waals surface area contributed by atoms with Crippen LogP contribution in [0.1, 0.15) is 12.0 Å². The molecule has 1 unspecified atom stereocenters. The first-order valence-corrected chi connectivity index (χ1v) is 8.30. The first-order chi connectivity index (χ1) is 12.7. The maximum atomic E-state index is 13.6. The molecule has 1 atom stereocenters. The van der Waals surface area contributed by atoms with Gasteiger partial charge in [-0.1, -0.05) is 30.3 Å². The Morgan fingerprint density at radius 1 is 1.37 bits per heavy atom. The number of esters is 1. The standard InChI is InChI=1S/C16H12F3N3O4S/c1-26-12(23)7-11-13(24)20-14(27-11)22-15(25,16(17,18)19)8-10(21-22)9-5-3-2-4-6-9/h2-7,25H,8H2,1H3/b11-7+. The van der Waals surface area contributed by atoms with Gasteiger partial charge in [-0.3, -0.25) is 4.79 Å². The van der Waals surface area contributed by atoms with E-state index < -0.39 is 35.4 Å². The van der Waals surface area contributed by atoms with Crippen molar-refractivity contribution < 1.29 is 32.6 Å². The number of amides is 1. The van der Waals surface area contributed by atoms with Gasteiger partial charge >= 0.3 is 12.1 Å². The van der Waals surface area contributed by atoms with E-state index in [1.54, 1.807) is 30.3 Å². The Morgan fingerprint density at radius 2 is 2.04 bits per heavy atom. The number of halogens is 3. The Balaban J connectivity index is 1.99. The van der Waals surface area contributed by atoms with Crippen LogP contribution in [-0.4, -0.2) is 51.9 Å². The molecule has 0 radical (unpaired) electrons. The fourth-order valence-electron chi connectivity index (χ4n) is 2.41. The predicted octanol–water partition coefficient (Wildman–Crippen LogP) is 2.03. The van der Waals surface area contributed by atoms with E-state index in [1.807, 2.05) is 0 Å². The predicted molar refractivity (Wildman–Crippen MR) is 90.6 cm³/mol. The number of thioether (sulfide) groups is 1. The zero-order valence-electron chi connectivity index (χ0n) is 13.7. The molecule has 1 aromatic rings. The number of nitrogens with zero attached hydrogens (tertiary/aromatic N) is 3. The second-order valence-corrected chi connectivity index (χ2v) is 6.56. The summed E-state index contributed by atoms with van der Waals surface area (Å²) in [5, 5.41) is 14.0. The number of ether oxygens (including phenoxy) is 1. The fraction of sp³-hybridized carbons (Fsp3) is 0.250. The molecule has 0 spiro atoms. The van der Waals surface area contributed by atoms with Crippen molar-refractivity contribution in [1.29, 1.82) is 0 Å². The number of hydrogen-bond donors (Lipinski definition) is 1. The first-order valence-electron chi connectivity index (χ1n) is 7.48. The molecule has 142 valence electrons. The van der Waals surface area contributed by atoms with Crippen LogP contribution < -0.4 is 0 Å². The molecule has 2 aliphatic rings. The number of amidine groups is 1. The molecule has 0 bridgehead atoms. The maximum absolute atomic E-state index is 13.6.